The van der Waals surface area contributed by atoms with Gasteiger partial charge in [-0.05, 0) is 37.8 Å². The van der Waals surface area contributed by atoms with Crippen molar-refractivity contribution >= 4 is 11.3 Å². The Morgan fingerprint density at radius 1 is 1.60 bits per heavy atom. The Hall–Kier alpha value is -0.380. The lowest BCUT2D eigenvalue weighted by Gasteiger charge is -2.39. The van der Waals surface area contributed by atoms with E-state index in [-0.39, 0.29) is 0 Å². The van der Waals surface area contributed by atoms with Gasteiger partial charge in [-0.2, -0.15) is 0 Å². The summed E-state index contributed by atoms with van der Waals surface area (Å²) in [5, 5.41) is 2.16. The van der Waals surface area contributed by atoms with Crippen molar-refractivity contribution in [3.63, 3.8) is 0 Å². The van der Waals surface area contributed by atoms with Crippen molar-refractivity contribution in [1.82, 2.24) is 4.90 Å². The van der Waals surface area contributed by atoms with Crippen molar-refractivity contribution in [3.05, 3.63) is 22.4 Å². The molecular weight excluding hydrogens is 204 g/mol. The van der Waals surface area contributed by atoms with Gasteiger partial charge in [0.1, 0.15) is 0 Å². The van der Waals surface area contributed by atoms with Gasteiger partial charge in [0.25, 0.3) is 0 Å². The molecule has 0 bridgehead atoms. The molecule has 3 heteroatoms. The lowest BCUT2D eigenvalue weighted by molar-refractivity contribution is 0.109. The molecule has 0 saturated carbocycles. The Kier molecular flexibility index (Phi) is 3.78. The van der Waals surface area contributed by atoms with E-state index in [0.29, 0.717) is 12.1 Å². The number of hydrogen-bond acceptors (Lipinski definition) is 3. The monoisotopic (exact) mass is 224 g/mol. The van der Waals surface area contributed by atoms with Crippen molar-refractivity contribution in [2.45, 2.75) is 38.3 Å². The van der Waals surface area contributed by atoms with Crippen LogP contribution in [0.2, 0.25) is 0 Å². The van der Waals surface area contributed by atoms with Gasteiger partial charge in [-0.15, -0.1) is 11.3 Å². The quantitative estimate of drug-likeness (QED) is 0.855. The van der Waals surface area contributed by atoms with Gasteiger partial charge in [0.2, 0.25) is 0 Å². The van der Waals surface area contributed by atoms with Gasteiger partial charge < -0.3 is 5.73 Å². The summed E-state index contributed by atoms with van der Waals surface area (Å²) in [6.07, 6.45) is 3.94. The van der Waals surface area contributed by atoms with Crippen LogP contribution in [0.25, 0.3) is 0 Å². The zero-order chi connectivity index (χ0) is 10.7. The molecule has 1 fully saturated rings. The maximum absolute atomic E-state index is 5.85. The van der Waals surface area contributed by atoms with Gasteiger partial charge in [0, 0.05) is 23.5 Å². The van der Waals surface area contributed by atoms with Gasteiger partial charge in [-0.3, -0.25) is 4.90 Å². The maximum atomic E-state index is 5.85. The van der Waals surface area contributed by atoms with Gasteiger partial charge >= 0.3 is 0 Å². The van der Waals surface area contributed by atoms with E-state index in [0.717, 1.165) is 6.54 Å². The van der Waals surface area contributed by atoms with Gasteiger partial charge in [0.15, 0.2) is 0 Å². The summed E-state index contributed by atoms with van der Waals surface area (Å²) in [7, 11) is 0. The zero-order valence-electron chi connectivity index (χ0n) is 9.36. The molecule has 0 amide bonds. The van der Waals surface area contributed by atoms with E-state index in [1.807, 2.05) is 11.3 Å². The largest absolute Gasteiger partial charge is 0.329 e. The minimum Gasteiger partial charge on any atom is -0.329 e. The lowest BCUT2D eigenvalue weighted by Crippen LogP contribution is -2.45. The molecule has 2 nitrogen and oxygen atoms in total. The fourth-order valence-corrected chi connectivity index (χ4v) is 3.28. The minimum atomic E-state index is 0.541. The molecule has 0 aromatic carbocycles. The van der Waals surface area contributed by atoms with Crippen LogP contribution in [0.4, 0.5) is 0 Å². The molecule has 2 rings (SSSR count). The van der Waals surface area contributed by atoms with Crippen LogP contribution in [0.3, 0.4) is 0 Å². The summed E-state index contributed by atoms with van der Waals surface area (Å²) in [4.78, 5) is 4.05. The number of rotatable bonds is 3. The van der Waals surface area contributed by atoms with E-state index in [1.165, 1.54) is 30.7 Å². The highest BCUT2D eigenvalue weighted by molar-refractivity contribution is 7.10. The Labute approximate surface area is 96.1 Å². The van der Waals surface area contributed by atoms with Crippen molar-refractivity contribution in [3.8, 4) is 0 Å². The van der Waals surface area contributed by atoms with E-state index < -0.39 is 0 Å². The maximum Gasteiger partial charge on any atom is 0.0416 e. The smallest absolute Gasteiger partial charge is 0.0416 e. The summed E-state index contributed by atoms with van der Waals surface area (Å²) in [6, 6.07) is 5.50. The number of thiophene rings is 1. The van der Waals surface area contributed by atoms with E-state index in [4.69, 9.17) is 5.73 Å². The molecule has 2 N–H and O–H groups in total. The van der Waals surface area contributed by atoms with E-state index in [1.54, 1.807) is 0 Å². The van der Waals surface area contributed by atoms with Crippen LogP contribution in [0.1, 0.15) is 37.1 Å². The number of piperidine rings is 1. The van der Waals surface area contributed by atoms with Crippen LogP contribution in [-0.4, -0.2) is 24.0 Å². The Morgan fingerprint density at radius 3 is 3.13 bits per heavy atom. The van der Waals surface area contributed by atoms with Crippen LogP contribution in [0.15, 0.2) is 17.5 Å². The second-order valence-corrected chi connectivity index (χ2v) is 5.29. The molecule has 1 aliphatic heterocycles. The Balaban J connectivity index is 2.07. The first-order valence-corrected chi connectivity index (χ1v) is 6.70. The van der Waals surface area contributed by atoms with Crippen LogP contribution in [0.5, 0.6) is 0 Å². The third-order valence-electron chi connectivity index (χ3n) is 3.40. The van der Waals surface area contributed by atoms with Crippen molar-refractivity contribution in [2.75, 3.05) is 13.1 Å². The summed E-state index contributed by atoms with van der Waals surface area (Å²) in [6.45, 7) is 4.32. The fraction of sp³-hybridized carbons (Fsp3) is 0.667. The number of nitrogens with two attached hydrogens (primary N) is 1. The van der Waals surface area contributed by atoms with Crippen LogP contribution in [0, 0.1) is 0 Å². The minimum absolute atomic E-state index is 0.541. The second-order valence-electron chi connectivity index (χ2n) is 4.31. The Bertz CT molecular complexity index is 284. The van der Waals surface area contributed by atoms with Crippen LogP contribution < -0.4 is 5.73 Å². The molecule has 0 radical (unpaired) electrons. The first kappa shape index (κ1) is 11.1. The van der Waals surface area contributed by atoms with Crippen LogP contribution >= 0.6 is 11.3 Å². The molecule has 0 unspecified atom stereocenters. The molecule has 0 spiro atoms. The average Bonchev–Trinajstić information content (AvgIpc) is 2.81. The topological polar surface area (TPSA) is 29.3 Å². The lowest BCUT2D eigenvalue weighted by atomic mass is 10.00. The predicted molar refractivity (Wildman–Crippen MR) is 66.1 cm³/mol. The molecule has 1 saturated heterocycles. The first-order chi connectivity index (χ1) is 7.33. The van der Waals surface area contributed by atoms with Crippen molar-refractivity contribution in [2.24, 2.45) is 5.73 Å². The first-order valence-electron chi connectivity index (χ1n) is 5.82. The molecule has 84 valence electrons. The highest BCUT2D eigenvalue weighted by Gasteiger charge is 2.26. The number of nitrogens with zero attached hydrogens (tertiary/aromatic N) is 1. The van der Waals surface area contributed by atoms with E-state index >= 15 is 0 Å². The Morgan fingerprint density at radius 2 is 2.47 bits per heavy atom. The van der Waals surface area contributed by atoms with Gasteiger partial charge in [-0.25, -0.2) is 0 Å². The standard InChI is InChI=1S/C12H20N2S/c1-10(12-6-4-8-15-12)14-7-3-2-5-11(14)9-13/h4,6,8,10-11H,2-3,5,7,9,13H2,1H3/t10-,11-/m1/s1. The average molecular weight is 224 g/mol. The van der Waals surface area contributed by atoms with E-state index in [9.17, 15) is 0 Å². The third kappa shape index (κ3) is 2.41. The highest BCUT2D eigenvalue weighted by atomic mass is 32.1. The van der Waals surface area contributed by atoms with Gasteiger partial charge in [0.05, 0.1) is 0 Å². The SMILES string of the molecule is C[C@H](c1cccs1)N1CCCC[C@@H]1CN. The van der Waals surface area contributed by atoms with E-state index in [2.05, 4.69) is 29.3 Å². The number of likely N-dealkylation sites (tertiary alicyclic amines) is 1. The highest BCUT2D eigenvalue weighted by Crippen LogP contribution is 2.30. The van der Waals surface area contributed by atoms with Crippen molar-refractivity contribution < 1.29 is 0 Å². The number of hydrogen-bond donors (Lipinski definition) is 1. The molecule has 1 aromatic heterocycles. The molecule has 1 aromatic rings. The van der Waals surface area contributed by atoms with Crippen molar-refractivity contribution in [1.29, 1.82) is 0 Å². The summed E-state index contributed by atoms with van der Waals surface area (Å²) in [5.74, 6) is 0. The zero-order valence-corrected chi connectivity index (χ0v) is 10.2. The molecule has 2 heterocycles. The second kappa shape index (κ2) is 5.10. The third-order valence-corrected chi connectivity index (χ3v) is 4.44. The fourth-order valence-electron chi connectivity index (χ4n) is 2.48. The van der Waals surface area contributed by atoms with Crippen LogP contribution in [-0.2, 0) is 0 Å². The summed E-state index contributed by atoms with van der Waals surface area (Å²) < 4.78 is 0. The molecule has 2 atom stereocenters. The summed E-state index contributed by atoms with van der Waals surface area (Å²) >= 11 is 1.85. The summed E-state index contributed by atoms with van der Waals surface area (Å²) in [5.41, 5.74) is 5.85. The predicted octanol–water partition coefficient (Wildman–Crippen LogP) is 2.62. The molecule has 0 aliphatic carbocycles. The molecule has 15 heavy (non-hydrogen) atoms. The van der Waals surface area contributed by atoms with Gasteiger partial charge in [-0.1, -0.05) is 12.5 Å². The normalized spacial score (nSPS) is 25.3. The molecule has 1 aliphatic rings. The molecular formula is C12H20N2S.